The van der Waals surface area contributed by atoms with Gasteiger partial charge in [-0.3, -0.25) is 0 Å². The molecule has 0 unspecified atom stereocenters. The number of aliphatic hydroxyl groups is 2. The molecule has 0 bridgehead atoms. The zero-order valence-corrected chi connectivity index (χ0v) is 15.5. The van der Waals surface area contributed by atoms with Gasteiger partial charge in [-0.05, 0) is 29.8 Å². The number of rotatable bonds is 5. The summed E-state index contributed by atoms with van der Waals surface area (Å²) in [6, 6.07) is 16.6. The number of hydrogen-bond donors (Lipinski definition) is 2. The Labute approximate surface area is 167 Å². The monoisotopic (exact) mass is 402 g/mol. The molecule has 7 heteroatoms. The smallest absolute Gasteiger partial charge is 0.338 e. The van der Waals surface area contributed by atoms with E-state index < -0.39 is 35.6 Å². The highest BCUT2D eigenvalue weighted by atomic mass is 35.5. The second-order valence-corrected chi connectivity index (χ2v) is 6.80. The van der Waals surface area contributed by atoms with E-state index in [4.69, 9.17) is 21.1 Å². The number of esters is 2. The zero-order valence-electron chi connectivity index (χ0n) is 14.8. The Morgan fingerprint density at radius 2 is 1.43 bits per heavy atom. The van der Waals surface area contributed by atoms with Crippen molar-refractivity contribution in [3.8, 4) is 0 Å². The predicted octanol–water partition coefficient (Wildman–Crippen LogP) is 2.34. The van der Waals surface area contributed by atoms with E-state index in [0.717, 1.165) is 0 Å². The van der Waals surface area contributed by atoms with Gasteiger partial charge in [0.25, 0.3) is 0 Å². The fourth-order valence-corrected chi connectivity index (χ4v) is 3.13. The van der Waals surface area contributed by atoms with Crippen LogP contribution in [0.3, 0.4) is 0 Å². The van der Waals surface area contributed by atoms with Crippen LogP contribution in [-0.4, -0.2) is 52.4 Å². The van der Waals surface area contributed by atoms with Gasteiger partial charge in [-0.2, -0.15) is 0 Å². The first-order valence-corrected chi connectivity index (χ1v) is 9.10. The summed E-state index contributed by atoms with van der Waals surface area (Å²) in [5.74, 6) is -1.26. The van der Waals surface area contributed by atoms with Gasteiger partial charge in [0.2, 0.25) is 0 Å². The fourth-order valence-electron chi connectivity index (χ4n) is 2.82. The molecule has 2 aromatic carbocycles. The Kier molecular flexibility index (Phi) is 6.46. The van der Waals surface area contributed by atoms with Crippen molar-refractivity contribution in [3.63, 3.8) is 0 Å². The highest BCUT2D eigenvalue weighted by Gasteiger charge is 2.41. The van der Waals surface area contributed by atoms with Crippen molar-refractivity contribution < 1.29 is 29.3 Å². The zero-order chi connectivity index (χ0) is 20.1. The van der Waals surface area contributed by atoms with Crippen LogP contribution in [0.1, 0.15) is 20.7 Å². The Hall–Kier alpha value is -2.67. The van der Waals surface area contributed by atoms with Gasteiger partial charge in [0.15, 0.2) is 6.10 Å². The maximum atomic E-state index is 12.3. The molecule has 146 valence electrons. The van der Waals surface area contributed by atoms with Crippen molar-refractivity contribution in [1.82, 2.24) is 0 Å². The lowest BCUT2D eigenvalue weighted by Crippen LogP contribution is -2.50. The summed E-state index contributed by atoms with van der Waals surface area (Å²) in [5, 5.41) is 19.9. The quantitative estimate of drug-likeness (QED) is 0.453. The van der Waals surface area contributed by atoms with Crippen LogP contribution in [0.2, 0.25) is 0 Å². The van der Waals surface area contributed by atoms with Gasteiger partial charge in [-0.25, -0.2) is 9.59 Å². The minimum atomic E-state index is -1.36. The second kappa shape index (κ2) is 9.01. The molecule has 1 aliphatic rings. The minimum absolute atomic E-state index is 0.246. The van der Waals surface area contributed by atoms with Crippen molar-refractivity contribution in [3.05, 3.63) is 83.4 Å². The summed E-state index contributed by atoms with van der Waals surface area (Å²) in [6.07, 6.45) is -2.55. The lowest BCUT2D eigenvalue weighted by Gasteiger charge is -2.34. The standard InChI is InChI=1S/C21H19ClO6/c22-16-11-15(12-27-20(25)13-7-3-1-4-8-13)17(23)19(18(16)24)28-21(26)14-9-5-2-6-10-14/h1-11,16-19,23-24H,12H2/t16-,17-,18+,19+/m1/s1. The molecule has 0 aliphatic heterocycles. The summed E-state index contributed by atoms with van der Waals surface area (Å²) in [7, 11) is 0. The highest BCUT2D eigenvalue weighted by Crippen LogP contribution is 2.27. The molecule has 1 aliphatic carbocycles. The molecule has 0 saturated heterocycles. The number of carbonyl (C=O) groups is 2. The minimum Gasteiger partial charge on any atom is -0.457 e. The number of ether oxygens (including phenoxy) is 2. The maximum Gasteiger partial charge on any atom is 0.338 e. The van der Waals surface area contributed by atoms with Gasteiger partial charge in [0, 0.05) is 0 Å². The molecule has 2 aromatic rings. The Morgan fingerprint density at radius 3 is 2.00 bits per heavy atom. The van der Waals surface area contributed by atoms with Crippen LogP contribution in [0, 0.1) is 0 Å². The highest BCUT2D eigenvalue weighted by molar-refractivity contribution is 6.22. The van der Waals surface area contributed by atoms with E-state index in [-0.39, 0.29) is 17.7 Å². The fraction of sp³-hybridized carbons (Fsp3) is 0.238. The number of alkyl halides is 1. The molecule has 0 fully saturated rings. The first-order valence-electron chi connectivity index (χ1n) is 8.66. The third-order valence-corrected chi connectivity index (χ3v) is 4.74. The van der Waals surface area contributed by atoms with E-state index in [1.54, 1.807) is 60.7 Å². The molecule has 0 radical (unpaired) electrons. The number of halogens is 1. The summed E-state index contributed by atoms with van der Waals surface area (Å²) >= 11 is 6.11. The van der Waals surface area contributed by atoms with Gasteiger partial charge >= 0.3 is 11.9 Å². The Bertz CT molecular complexity index is 852. The molecular weight excluding hydrogens is 384 g/mol. The number of hydrogen-bond acceptors (Lipinski definition) is 6. The molecule has 0 saturated carbocycles. The topological polar surface area (TPSA) is 93.1 Å². The lowest BCUT2D eigenvalue weighted by molar-refractivity contribution is -0.0688. The van der Waals surface area contributed by atoms with Gasteiger partial charge in [0.1, 0.15) is 18.8 Å². The largest absolute Gasteiger partial charge is 0.457 e. The Balaban J connectivity index is 1.68. The van der Waals surface area contributed by atoms with Gasteiger partial charge in [-0.15, -0.1) is 11.6 Å². The van der Waals surface area contributed by atoms with Crippen LogP contribution in [0.5, 0.6) is 0 Å². The summed E-state index contributed by atoms with van der Waals surface area (Å²) < 4.78 is 10.5. The maximum absolute atomic E-state index is 12.3. The van der Waals surface area contributed by atoms with E-state index in [2.05, 4.69) is 0 Å². The van der Waals surface area contributed by atoms with Gasteiger partial charge in [0.05, 0.1) is 16.5 Å². The molecule has 0 aromatic heterocycles. The number of carbonyl (C=O) groups excluding carboxylic acids is 2. The first kappa shape index (κ1) is 20.1. The summed E-state index contributed by atoms with van der Waals surface area (Å²) in [5.41, 5.74) is 0.892. The van der Waals surface area contributed by atoms with E-state index in [9.17, 15) is 19.8 Å². The SMILES string of the molecule is O=C(OCC1=C[C@@H](Cl)[C@H](O)[C@@H](OC(=O)c2ccccc2)[C@@H]1O)c1ccccc1. The van der Waals surface area contributed by atoms with E-state index in [0.29, 0.717) is 5.56 Å². The van der Waals surface area contributed by atoms with Crippen molar-refractivity contribution in [2.45, 2.75) is 23.7 Å². The van der Waals surface area contributed by atoms with Crippen molar-refractivity contribution >= 4 is 23.5 Å². The average Bonchev–Trinajstić information content (AvgIpc) is 2.73. The molecule has 6 nitrogen and oxygen atoms in total. The molecule has 0 spiro atoms. The number of benzene rings is 2. The number of aliphatic hydroxyl groups excluding tert-OH is 2. The molecule has 2 N–H and O–H groups in total. The summed E-state index contributed by atoms with van der Waals surface area (Å²) in [6.45, 7) is -0.246. The third-order valence-electron chi connectivity index (χ3n) is 4.36. The average molecular weight is 403 g/mol. The van der Waals surface area contributed by atoms with Crippen molar-refractivity contribution in [2.75, 3.05) is 6.61 Å². The predicted molar refractivity (Wildman–Crippen MR) is 102 cm³/mol. The van der Waals surface area contributed by atoms with Crippen molar-refractivity contribution in [1.29, 1.82) is 0 Å². The molecule has 3 rings (SSSR count). The second-order valence-electron chi connectivity index (χ2n) is 6.30. The normalized spacial score (nSPS) is 24.2. The van der Waals surface area contributed by atoms with E-state index in [1.807, 2.05) is 0 Å². The van der Waals surface area contributed by atoms with Crippen LogP contribution in [0.15, 0.2) is 72.3 Å². The Morgan fingerprint density at radius 1 is 0.893 bits per heavy atom. The molecule has 0 amide bonds. The van der Waals surface area contributed by atoms with E-state index in [1.165, 1.54) is 6.08 Å². The van der Waals surface area contributed by atoms with Crippen LogP contribution < -0.4 is 0 Å². The van der Waals surface area contributed by atoms with Gasteiger partial charge < -0.3 is 19.7 Å². The van der Waals surface area contributed by atoms with Crippen LogP contribution >= 0.6 is 11.6 Å². The molecular formula is C21H19ClO6. The summed E-state index contributed by atoms with van der Waals surface area (Å²) in [4.78, 5) is 24.4. The van der Waals surface area contributed by atoms with Gasteiger partial charge in [-0.1, -0.05) is 42.5 Å². The van der Waals surface area contributed by atoms with Crippen molar-refractivity contribution in [2.24, 2.45) is 0 Å². The lowest BCUT2D eigenvalue weighted by atomic mass is 9.91. The van der Waals surface area contributed by atoms with Crippen LogP contribution in [0.25, 0.3) is 0 Å². The van der Waals surface area contributed by atoms with Crippen LogP contribution in [-0.2, 0) is 9.47 Å². The van der Waals surface area contributed by atoms with E-state index >= 15 is 0 Å². The molecule has 4 atom stereocenters. The third kappa shape index (κ3) is 4.59. The van der Waals surface area contributed by atoms with Crippen LogP contribution in [0.4, 0.5) is 0 Å². The molecule has 28 heavy (non-hydrogen) atoms. The first-order chi connectivity index (χ1) is 13.5. The molecule has 0 heterocycles.